The number of hydrogen-bond acceptors (Lipinski definition) is 7. The summed E-state index contributed by atoms with van der Waals surface area (Å²) < 4.78 is 7.84. The number of hydrazone groups is 1. The van der Waals surface area contributed by atoms with Crippen LogP contribution in [0, 0.1) is 21.4 Å². The van der Waals surface area contributed by atoms with Crippen molar-refractivity contribution in [2.45, 2.75) is 38.6 Å². The van der Waals surface area contributed by atoms with Gasteiger partial charge in [0.05, 0.1) is 17.0 Å². The summed E-state index contributed by atoms with van der Waals surface area (Å²) in [6, 6.07) is 13.8. The van der Waals surface area contributed by atoms with Crippen LogP contribution in [0.25, 0.3) is 17.0 Å². The molecule has 1 N–H and O–H groups in total. The number of nitro groups is 1. The zero-order chi connectivity index (χ0) is 26.9. The van der Waals surface area contributed by atoms with Crippen LogP contribution < -0.4 is 4.74 Å². The Kier molecular flexibility index (Phi) is 6.74. The van der Waals surface area contributed by atoms with E-state index in [-0.39, 0.29) is 17.1 Å². The topological polar surface area (TPSA) is 126 Å². The molecule has 0 bridgehead atoms. The number of non-ortho nitro benzene ring substituents is 1. The number of ether oxygens (including phenoxy) is 1. The Morgan fingerprint density at radius 2 is 1.90 bits per heavy atom. The van der Waals surface area contributed by atoms with Crippen LogP contribution in [0.1, 0.15) is 37.7 Å². The molecule has 6 rings (SSSR count). The normalized spacial score (nSPS) is 18.9. The Morgan fingerprint density at radius 1 is 1.13 bits per heavy atom. The van der Waals surface area contributed by atoms with E-state index in [4.69, 9.17) is 15.2 Å². The number of thioether (sulfide) groups is 1. The molecule has 2 aliphatic heterocycles. The number of aliphatic imine (C=N–C) groups is 1. The molecule has 1 aromatic heterocycles. The number of aromatic nitrogens is 1. The second-order valence-corrected chi connectivity index (χ2v) is 10.7. The lowest BCUT2D eigenvalue weighted by Crippen LogP contribution is -2.35. The van der Waals surface area contributed by atoms with Crippen molar-refractivity contribution in [2.75, 3.05) is 6.61 Å². The van der Waals surface area contributed by atoms with Crippen molar-refractivity contribution in [1.29, 1.82) is 5.41 Å². The fourth-order valence-corrected chi connectivity index (χ4v) is 6.24. The van der Waals surface area contributed by atoms with Gasteiger partial charge in [0.2, 0.25) is 5.17 Å². The minimum Gasteiger partial charge on any atom is -0.492 e. The third-order valence-corrected chi connectivity index (χ3v) is 8.26. The Bertz CT molecular complexity index is 1570. The predicted molar refractivity (Wildman–Crippen MR) is 152 cm³/mol. The predicted octanol–water partition coefficient (Wildman–Crippen LogP) is 5.83. The summed E-state index contributed by atoms with van der Waals surface area (Å²) in [7, 11) is 0. The first-order valence-electron chi connectivity index (χ1n) is 12.9. The number of carbonyl (C=O) groups is 1. The van der Waals surface area contributed by atoms with E-state index in [1.54, 1.807) is 18.2 Å². The molecular weight excluding hydrogens is 516 g/mol. The average molecular weight is 543 g/mol. The van der Waals surface area contributed by atoms with Crippen LogP contribution in [-0.2, 0) is 11.3 Å². The number of para-hydroxylation sites is 1. The molecule has 1 saturated carbocycles. The largest absolute Gasteiger partial charge is 0.492 e. The van der Waals surface area contributed by atoms with E-state index >= 15 is 0 Å². The maximum atomic E-state index is 13.0. The molecular formula is C28H26N6O4S. The van der Waals surface area contributed by atoms with Crippen LogP contribution in [0.15, 0.2) is 70.4 Å². The van der Waals surface area contributed by atoms with Crippen molar-refractivity contribution in [2.24, 2.45) is 16.0 Å². The van der Waals surface area contributed by atoms with Gasteiger partial charge in [-0.2, -0.15) is 15.1 Å². The van der Waals surface area contributed by atoms with E-state index in [1.165, 1.54) is 48.2 Å². The lowest BCUT2D eigenvalue weighted by Gasteiger charge is -2.20. The molecule has 10 nitrogen and oxygen atoms in total. The van der Waals surface area contributed by atoms with Crippen molar-refractivity contribution in [1.82, 2.24) is 9.58 Å². The van der Waals surface area contributed by atoms with Crippen molar-refractivity contribution in [3.63, 3.8) is 0 Å². The van der Waals surface area contributed by atoms with Gasteiger partial charge in [-0.3, -0.25) is 20.3 Å². The van der Waals surface area contributed by atoms with E-state index in [2.05, 4.69) is 4.99 Å². The number of carbonyl (C=O) groups excluding carboxylic acids is 1. The van der Waals surface area contributed by atoms with Crippen LogP contribution in [0.5, 0.6) is 5.75 Å². The first-order valence-corrected chi connectivity index (χ1v) is 13.7. The van der Waals surface area contributed by atoms with Crippen molar-refractivity contribution in [3.8, 4) is 5.75 Å². The van der Waals surface area contributed by atoms with E-state index in [1.807, 2.05) is 35.0 Å². The molecule has 3 heterocycles. The van der Waals surface area contributed by atoms with Crippen LogP contribution in [0.4, 0.5) is 5.69 Å². The smallest absolute Gasteiger partial charge is 0.283 e. The summed E-state index contributed by atoms with van der Waals surface area (Å²) in [5.74, 6) is 0.531. The second-order valence-electron chi connectivity index (χ2n) is 9.69. The SMILES string of the molecule is N=C1/C(=C/c2cn(CCOc3ccc([N+](=O)[O-])cc3)c3ccccc23)C(=O)N=C2SC(C3CCCCC3)=NN12. The lowest BCUT2D eigenvalue weighted by atomic mass is 9.90. The zero-order valence-electron chi connectivity index (χ0n) is 21.1. The molecule has 1 aliphatic carbocycles. The van der Waals surface area contributed by atoms with Gasteiger partial charge in [0, 0.05) is 40.7 Å². The number of benzene rings is 2. The third kappa shape index (κ3) is 4.97. The number of nitrogens with zero attached hydrogens (tertiary/aromatic N) is 5. The van der Waals surface area contributed by atoms with Crippen molar-refractivity contribution >= 4 is 56.4 Å². The monoisotopic (exact) mass is 542 g/mol. The Hall–Kier alpha value is -4.25. The number of nitro benzene ring substituents is 1. The quantitative estimate of drug-likeness (QED) is 0.227. The highest BCUT2D eigenvalue weighted by Crippen LogP contribution is 2.36. The molecule has 11 heteroatoms. The van der Waals surface area contributed by atoms with Crippen LogP contribution in [0.3, 0.4) is 0 Å². The molecule has 0 atom stereocenters. The standard InChI is InChI=1S/C28H26N6O4S/c29-25-23(26(35)30-28-33(25)31-27(39-28)18-6-2-1-3-7-18)16-19-17-32(24-9-5-4-8-22(19)24)14-15-38-21-12-10-20(11-13-21)34(36)37/h4-5,8-13,16-18,29H,1-3,6-7,14-15H2/b23-16-,29-25?. The number of nitrogens with one attached hydrogen (secondary N) is 1. The summed E-state index contributed by atoms with van der Waals surface area (Å²) in [5, 5.41) is 28.2. The van der Waals surface area contributed by atoms with E-state index in [0.29, 0.717) is 30.0 Å². The van der Waals surface area contributed by atoms with Gasteiger partial charge >= 0.3 is 0 Å². The lowest BCUT2D eigenvalue weighted by molar-refractivity contribution is -0.384. The number of rotatable bonds is 7. The first-order chi connectivity index (χ1) is 19.0. The number of fused-ring (bicyclic) bond motifs is 2. The summed E-state index contributed by atoms with van der Waals surface area (Å²) in [6.07, 6.45) is 9.44. The van der Waals surface area contributed by atoms with Crippen molar-refractivity contribution in [3.05, 3.63) is 76.0 Å². The highest BCUT2D eigenvalue weighted by molar-refractivity contribution is 8.27. The van der Waals surface area contributed by atoms with E-state index in [9.17, 15) is 14.9 Å². The molecule has 198 valence electrons. The summed E-state index contributed by atoms with van der Waals surface area (Å²) >= 11 is 1.42. The molecule has 3 aromatic rings. The van der Waals surface area contributed by atoms with Crippen molar-refractivity contribution < 1.29 is 14.5 Å². The fraction of sp³-hybridized carbons (Fsp3) is 0.286. The molecule has 1 amide bonds. The number of amides is 1. The second kappa shape index (κ2) is 10.5. The molecule has 3 aliphatic rings. The zero-order valence-corrected chi connectivity index (χ0v) is 21.9. The molecule has 39 heavy (non-hydrogen) atoms. The minimum atomic E-state index is -0.445. The molecule has 0 radical (unpaired) electrons. The summed E-state index contributed by atoms with van der Waals surface area (Å²) in [5.41, 5.74) is 1.98. The van der Waals surface area contributed by atoms with Crippen LogP contribution >= 0.6 is 11.8 Å². The van der Waals surface area contributed by atoms with Gasteiger partial charge < -0.3 is 9.30 Å². The maximum absolute atomic E-state index is 13.0. The highest BCUT2D eigenvalue weighted by Gasteiger charge is 2.38. The van der Waals surface area contributed by atoms with E-state index in [0.717, 1.165) is 34.4 Å². The third-order valence-electron chi connectivity index (χ3n) is 7.19. The molecule has 0 spiro atoms. The molecule has 0 unspecified atom stereocenters. The Morgan fingerprint density at radius 3 is 2.67 bits per heavy atom. The van der Waals surface area contributed by atoms with Gasteiger partial charge in [-0.15, -0.1) is 0 Å². The number of hydrogen-bond donors (Lipinski definition) is 1. The summed E-state index contributed by atoms with van der Waals surface area (Å²) in [4.78, 5) is 27.7. The number of amidine groups is 2. The summed E-state index contributed by atoms with van der Waals surface area (Å²) in [6.45, 7) is 0.866. The Balaban J connectivity index is 1.22. The fourth-order valence-electron chi connectivity index (χ4n) is 5.18. The van der Waals surface area contributed by atoms with Gasteiger partial charge in [0.1, 0.15) is 17.4 Å². The molecule has 0 saturated heterocycles. The highest BCUT2D eigenvalue weighted by atomic mass is 32.2. The molecule has 2 aromatic carbocycles. The average Bonchev–Trinajstić information content (AvgIpc) is 3.54. The van der Waals surface area contributed by atoms with Gasteiger partial charge in [-0.05, 0) is 48.9 Å². The Labute approximate surface area is 228 Å². The van der Waals surface area contributed by atoms with Gasteiger partial charge in [0.15, 0.2) is 5.84 Å². The van der Waals surface area contributed by atoms with Gasteiger partial charge in [-0.25, -0.2) is 0 Å². The van der Waals surface area contributed by atoms with Gasteiger partial charge in [-0.1, -0.05) is 37.5 Å². The first kappa shape index (κ1) is 25.1. The maximum Gasteiger partial charge on any atom is 0.283 e. The van der Waals surface area contributed by atoms with Gasteiger partial charge in [0.25, 0.3) is 11.6 Å². The molecule has 1 fully saturated rings. The van der Waals surface area contributed by atoms with Crippen LogP contribution in [-0.4, -0.2) is 43.1 Å². The van der Waals surface area contributed by atoms with Crippen LogP contribution in [0.2, 0.25) is 0 Å². The minimum absolute atomic E-state index is 0.0131. The van der Waals surface area contributed by atoms with E-state index < -0.39 is 10.8 Å².